The number of carbonyl (C=O) groups is 2. The molecule has 11 nitrogen and oxygen atoms in total. The Morgan fingerprint density at radius 3 is 2.70 bits per heavy atom. The van der Waals surface area contributed by atoms with Gasteiger partial charge >= 0.3 is 65.1 Å². The molecular weight excluding hydrogens is 553 g/mol. The number of carboxylic acid groups (broad SMARTS) is 1. The third kappa shape index (κ3) is 8.23. The molecule has 4 N–H and O–H groups in total. The number of β-lactam (4-membered cyclic amide) rings is 1. The van der Waals surface area contributed by atoms with E-state index in [4.69, 9.17) is 16.8 Å². The van der Waals surface area contributed by atoms with Crippen LogP contribution in [0.15, 0.2) is 4.34 Å². The number of thiocarbonyl (C=S) groups is 1. The van der Waals surface area contributed by atoms with Crippen LogP contribution in [0.3, 0.4) is 0 Å². The summed E-state index contributed by atoms with van der Waals surface area (Å²) in [6, 6.07) is -0.405. The van der Waals surface area contributed by atoms with Crippen molar-refractivity contribution in [2.45, 2.75) is 35.6 Å². The van der Waals surface area contributed by atoms with Crippen molar-refractivity contribution in [3.05, 3.63) is 5.01 Å². The van der Waals surface area contributed by atoms with Gasteiger partial charge in [-0.15, -0.1) is 22.0 Å². The normalized spacial score (nSPS) is 24.1. The third-order valence-electron chi connectivity index (χ3n) is 4.72. The van der Waals surface area contributed by atoms with Gasteiger partial charge in [-0.2, -0.15) is 8.42 Å². The van der Waals surface area contributed by atoms with Crippen LogP contribution in [0.25, 0.3) is 0 Å². The van der Waals surface area contributed by atoms with Gasteiger partial charge in [-0.1, -0.05) is 42.2 Å². The number of hydrogen-bond donors (Lipinski definition) is 4. The monoisotopic (exact) mass is 575 g/mol. The van der Waals surface area contributed by atoms with Crippen molar-refractivity contribution in [3.63, 3.8) is 0 Å². The molecule has 2 unspecified atom stereocenters. The minimum absolute atomic E-state index is 0. The van der Waals surface area contributed by atoms with Crippen LogP contribution in [0.4, 0.5) is 0 Å². The number of aromatic nitrogens is 2. The van der Waals surface area contributed by atoms with Gasteiger partial charge in [-0.3, -0.25) is 19.5 Å². The van der Waals surface area contributed by atoms with E-state index in [1.165, 1.54) is 34.9 Å². The maximum atomic E-state index is 12.5. The van der Waals surface area contributed by atoms with Crippen molar-refractivity contribution < 1.29 is 27.7 Å². The zero-order valence-corrected chi connectivity index (χ0v) is 20.4. The first-order valence-corrected chi connectivity index (χ1v) is 14.0. The van der Waals surface area contributed by atoms with Gasteiger partial charge in [0.25, 0.3) is 10.1 Å². The molecule has 1 amide bonds. The minimum atomic E-state index is -4.12. The first kappa shape index (κ1) is 32.0. The van der Waals surface area contributed by atoms with E-state index in [1.807, 2.05) is 6.92 Å². The average Bonchev–Trinajstić information content (AvgIpc) is 3.16. The average molecular weight is 576 g/mol. The van der Waals surface area contributed by atoms with Crippen LogP contribution in [-0.2, 0) is 26.3 Å². The van der Waals surface area contributed by atoms with Gasteiger partial charge in [0, 0.05) is 18.1 Å². The summed E-state index contributed by atoms with van der Waals surface area (Å²) in [5, 5.41) is 23.8. The summed E-state index contributed by atoms with van der Waals surface area (Å²) in [6.45, 7) is 2.13. The summed E-state index contributed by atoms with van der Waals surface area (Å²) >= 11 is 9.04. The number of hydrogen-bond acceptors (Lipinski definition) is 11. The van der Waals surface area contributed by atoms with E-state index < -0.39 is 33.4 Å². The second kappa shape index (κ2) is 13.5. The summed E-state index contributed by atoms with van der Waals surface area (Å²) in [7, 11) is -4.12. The molecule has 2 aliphatic rings. The van der Waals surface area contributed by atoms with Crippen molar-refractivity contribution in [2.75, 3.05) is 23.9 Å². The molecule has 2 fully saturated rings. The first-order valence-electron chi connectivity index (χ1n) is 9.10. The number of rotatable bonds is 10. The summed E-state index contributed by atoms with van der Waals surface area (Å²) in [5.41, 5.74) is -1.12. The molecule has 0 aromatic carbocycles. The van der Waals surface area contributed by atoms with Crippen LogP contribution in [0.1, 0.15) is 18.4 Å². The van der Waals surface area contributed by atoms with Gasteiger partial charge in [0.05, 0.1) is 11.5 Å². The quantitative estimate of drug-likeness (QED) is 0.0880. The van der Waals surface area contributed by atoms with Gasteiger partial charge in [-0.05, 0) is 6.42 Å². The van der Waals surface area contributed by atoms with Gasteiger partial charge in [0.2, 0.25) is 5.91 Å². The Morgan fingerprint density at radius 1 is 1.39 bits per heavy atom. The number of nitrogens with zero attached hydrogens (tertiary/aromatic N) is 3. The molecular formula is C15H23N5Na2O6S5. The number of carboxylic acids is 1. The molecule has 176 valence electrons. The Morgan fingerprint density at radius 2 is 2.09 bits per heavy atom. The van der Waals surface area contributed by atoms with Crippen molar-refractivity contribution in [1.82, 2.24) is 25.7 Å². The Balaban J connectivity index is 0.00000272. The van der Waals surface area contributed by atoms with E-state index in [9.17, 15) is 23.1 Å². The van der Waals surface area contributed by atoms with Gasteiger partial charge in [-0.25, -0.2) is 0 Å². The molecule has 2 aliphatic heterocycles. The molecule has 3 heterocycles. The van der Waals surface area contributed by atoms with Gasteiger partial charge in [0.1, 0.15) is 27.7 Å². The molecule has 33 heavy (non-hydrogen) atoms. The van der Waals surface area contributed by atoms with Gasteiger partial charge in [0.15, 0.2) is 4.34 Å². The number of aliphatic carboxylic acids is 1. The predicted octanol–water partition coefficient (Wildman–Crippen LogP) is -1.05. The second-order valence-corrected chi connectivity index (χ2v) is 12.4. The number of fused-ring (bicyclic) bond motifs is 1. The van der Waals surface area contributed by atoms with Crippen molar-refractivity contribution in [3.8, 4) is 0 Å². The Hall–Kier alpha value is 0.960. The topological polar surface area (TPSA) is 162 Å². The standard InChI is InChI=1S/C15H21N5O6S5.2Na.2H/c1-2-8(27)17-10-11(21)20-4-15(13(22)23,5-28-12(10)20)6-29-14-19-18-9(30-14)3-16-7-31(24,25)26;;;;/h10,12,16H,2-7H2,1H3,(H,17,27)(H,22,23)(H,24,25,26);;;;/t10?,12-,15?;;;;/m1..../s1. The van der Waals surface area contributed by atoms with E-state index in [2.05, 4.69) is 20.8 Å². The number of nitrogens with one attached hydrogen (secondary N) is 2. The van der Waals surface area contributed by atoms with Crippen LogP contribution in [0, 0.1) is 5.41 Å². The second-order valence-electron chi connectivity index (χ2n) is 7.06. The van der Waals surface area contributed by atoms with Crippen LogP contribution in [0.5, 0.6) is 0 Å². The molecule has 0 radical (unpaired) electrons. The zero-order valence-electron chi connectivity index (χ0n) is 16.3. The number of amides is 1. The van der Waals surface area contributed by atoms with E-state index in [1.54, 1.807) is 4.90 Å². The van der Waals surface area contributed by atoms with E-state index in [-0.39, 0.29) is 89.2 Å². The Kier molecular flexibility index (Phi) is 13.1. The summed E-state index contributed by atoms with van der Waals surface area (Å²) in [5.74, 6) is -1.16. The maximum absolute atomic E-state index is 12.5. The Bertz CT molecular complexity index is 982. The summed E-state index contributed by atoms with van der Waals surface area (Å²) < 4.78 is 30.7. The SMILES string of the molecule is CCC(=S)NC1C(=O)N2CC(CSc3nnc(CNCS(=O)(=O)O)s3)(C(=O)O)CS[C@H]12.[NaH].[NaH]. The molecule has 0 aliphatic carbocycles. The van der Waals surface area contributed by atoms with Crippen LogP contribution < -0.4 is 10.6 Å². The first-order chi connectivity index (χ1) is 14.5. The van der Waals surface area contributed by atoms with Crippen LogP contribution in [-0.4, -0.2) is 144 Å². The molecule has 18 heteroatoms. The molecule has 2 saturated heterocycles. The number of carbonyl (C=O) groups excluding carboxylic acids is 1. The van der Waals surface area contributed by atoms with Crippen molar-refractivity contribution in [1.29, 1.82) is 0 Å². The third-order valence-corrected chi connectivity index (χ3v) is 9.63. The van der Waals surface area contributed by atoms with E-state index in [0.29, 0.717) is 26.5 Å². The summed E-state index contributed by atoms with van der Waals surface area (Å²) in [6.07, 6.45) is 0.640. The van der Waals surface area contributed by atoms with E-state index in [0.717, 1.165) is 0 Å². The van der Waals surface area contributed by atoms with Crippen LogP contribution in [0.2, 0.25) is 0 Å². The van der Waals surface area contributed by atoms with Crippen LogP contribution >= 0.6 is 47.1 Å². The zero-order chi connectivity index (χ0) is 22.8. The molecule has 3 atom stereocenters. The van der Waals surface area contributed by atoms with Crippen molar-refractivity contribution >= 4 is 133 Å². The van der Waals surface area contributed by atoms with E-state index >= 15 is 0 Å². The predicted molar refractivity (Wildman–Crippen MR) is 136 cm³/mol. The Labute approximate surface area is 253 Å². The molecule has 0 spiro atoms. The molecule has 1 aromatic heterocycles. The number of thioether (sulfide) groups is 2. The van der Waals surface area contributed by atoms with Gasteiger partial charge < -0.3 is 15.3 Å². The summed E-state index contributed by atoms with van der Waals surface area (Å²) in [4.78, 5) is 26.8. The molecule has 3 rings (SSSR count). The fourth-order valence-electron chi connectivity index (χ4n) is 3.04. The fourth-order valence-corrected chi connectivity index (χ4v) is 7.25. The fraction of sp³-hybridized carbons (Fsp3) is 0.667. The molecule has 0 bridgehead atoms. The van der Waals surface area contributed by atoms with Crippen molar-refractivity contribution in [2.24, 2.45) is 5.41 Å². The molecule has 0 saturated carbocycles. The molecule has 1 aromatic rings.